The average molecular weight is 418 g/mol. The highest BCUT2D eigenvalue weighted by atomic mass is 32.2. The number of carbonyl (C=O) groups is 2. The number of fused-ring (bicyclic) bond motifs is 1. The molecule has 0 saturated heterocycles. The minimum Gasteiger partial charge on any atom is -0.468 e. The second-order valence-corrected chi connectivity index (χ2v) is 8.55. The zero-order valence-electron chi connectivity index (χ0n) is 17.0. The summed E-state index contributed by atoms with van der Waals surface area (Å²) in [5.41, 5.74) is 0.217. The molecular weight excluding hydrogens is 390 g/mol. The van der Waals surface area contributed by atoms with Gasteiger partial charge in [0.1, 0.15) is 6.54 Å². The van der Waals surface area contributed by atoms with E-state index in [1.54, 1.807) is 24.3 Å². The van der Waals surface area contributed by atoms with Gasteiger partial charge in [-0.3, -0.25) is 19.0 Å². The number of para-hydroxylation sites is 1. The number of amides is 1. The molecule has 1 saturated carbocycles. The number of aromatic nitrogens is 2. The summed E-state index contributed by atoms with van der Waals surface area (Å²) >= 11 is 1.16. The van der Waals surface area contributed by atoms with Crippen LogP contribution < -0.4 is 10.9 Å². The average Bonchev–Trinajstić information content (AvgIpc) is 2.72. The van der Waals surface area contributed by atoms with Crippen molar-refractivity contribution in [2.24, 2.45) is 11.8 Å². The van der Waals surface area contributed by atoms with Crippen molar-refractivity contribution in [3.05, 3.63) is 34.6 Å². The smallest absolute Gasteiger partial charge is 0.325 e. The Kier molecular flexibility index (Phi) is 6.95. The Bertz CT molecular complexity index is 959. The molecule has 7 nitrogen and oxygen atoms in total. The lowest BCUT2D eigenvalue weighted by Gasteiger charge is -2.34. The molecule has 29 heavy (non-hydrogen) atoms. The van der Waals surface area contributed by atoms with E-state index in [1.807, 2.05) is 0 Å². The second-order valence-electron chi connectivity index (χ2n) is 7.61. The number of carbonyl (C=O) groups excluding carboxylic acids is 2. The molecule has 0 radical (unpaired) electrons. The van der Waals surface area contributed by atoms with Gasteiger partial charge in [-0.1, -0.05) is 50.6 Å². The van der Waals surface area contributed by atoms with E-state index < -0.39 is 5.97 Å². The number of ether oxygens (including phenoxy) is 1. The Morgan fingerprint density at radius 2 is 2.03 bits per heavy atom. The summed E-state index contributed by atoms with van der Waals surface area (Å²) in [6.45, 7) is 4.16. The highest BCUT2D eigenvalue weighted by molar-refractivity contribution is 7.99. The lowest BCUT2D eigenvalue weighted by Crippen LogP contribution is -2.44. The Hall–Kier alpha value is -2.35. The Morgan fingerprint density at radius 1 is 1.28 bits per heavy atom. The minimum absolute atomic E-state index is 0.0898. The van der Waals surface area contributed by atoms with Crippen LogP contribution in [0.1, 0.15) is 33.1 Å². The molecule has 0 bridgehead atoms. The molecule has 156 valence electrons. The summed E-state index contributed by atoms with van der Waals surface area (Å²) in [7, 11) is 1.27. The van der Waals surface area contributed by atoms with Crippen LogP contribution in [0.15, 0.2) is 34.2 Å². The summed E-state index contributed by atoms with van der Waals surface area (Å²) in [6.07, 6.45) is 3.31. The zero-order valence-corrected chi connectivity index (χ0v) is 17.8. The first-order chi connectivity index (χ1) is 13.9. The molecule has 1 aliphatic carbocycles. The van der Waals surface area contributed by atoms with Gasteiger partial charge in [-0.15, -0.1) is 0 Å². The predicted octanol–water partition coefficient (Wildman–Crippen LogP) is 2.60. The predicted molar refractivity (Wildman–Crippen MR) is 113 cm³/mol. The van der Waals surface area contributed by atoms with E-state index in [0.717, 1.165) is 24.6 Å². The minimum atomic E-state index is -0.541. The molecule has 1 heterocycles. The summed E-state index contributed by atoms with van der Waals surface area (Å²) < 4.78 is 5.98. The van der Waals surface area contributed by atoms with Crippen molar-refractivity contribution >= 4 is 34.5 Å². The Morgan fingerprint density at radius 3 is 2.79 bits per heavy atom. The lowest BCUT2D eigenvalue weighted by molar-refractivity contribution is -0.141. The lowest BCUT2D eigenvalue weighted by atomic mass is 9.78. The number of rotatable bonds is 6. The van der Waals surface area contributed by atoms with Crippen molar-refractivity contribution in [2.75, 3.05) is 12.9 Å². The number of esters is 1. The van der Waals surface area contributed by atoms with E-state index >= 15 is 0 Å². The highest BCUT2D eigenvalue weighted by Gasteiger charge is 2.28. The molecular formula is C21H27N3O4S. The second kappa shape index (κ2) is 9.43. The zero-order chi connectivity index (χ0) is 21.0. The molecule has 0 spiro atoms. The third-order valence-electron chi connectivity index (χ3n) is 5.73. The number of nitrogens with zero attached hydrogens (tertiary/aromatic N) is 2. The highest BCUT2D eigenvalue weighted by Crippen LogP contribution is 2.29. The molecule has 1 fully saturated rings. The molecule has 1 aliphatic rings. The van der Waals surface area contributed by atoms with Crippen LogP contribution >= 0.6 is 11.8 Å². The van der Waals surface area contributed by atoms with Crippen molar-refractivity contribution in [1.29, 1.82) is 0 Å². The van der Waals surface area contributed by atoms with Gasteiger partial charge in [-0.2, -0.15) is 0 Å². The third kappa shape index (κ3) is 4.98. The van der Waals surface area contributed by atoms with E-state index in [-0.39, 0.29) is 29.8 Å². The van der Waals surface area contributed by atoms with E-state index in [2.05, 4.69) is 24.1 Å². The van der Waals surface area contributed by atoms with Gasteiger partial charge in [0.25, 0.3) is 5.56 Å². The summed E-state index contributed by atoms with van der Waals surface area (Å²) in [6, 6.07) is 7.14. The van der Waals surface area contributed by atoms with Gasteiger partial charge in [0, 0.05) is 6.04 Å². The van der Waals surface area contributed by atoms with Gasteiger partial charge in [-0.25, -0.2) is 4.98 Å². The number of benzene rings is 1. The van der Waals surface area contributed by atoms with E-state index in [0.29, 0.717) is 27.9 Å². The van der Waals surface area contributed by atoms with Crippen molar-refractivity contribution in [2.45, 2.75) is 50.9 Å². The van der Waals surface area contributed by atoms with Gasteiger partial charge in [0.15, 0.2) is 5.16 Å². The number of nitrogens with one attached hydrogen (secondary N) is 1. The fraction of sp³-hybridized carbons (Fsp3) is 0.524. The molecule has 1 amide bonds. The number of hydrogen-bond donors (Lipinski definition) is 1. The van der Waals surface area contributed by atoms with E-state index in [9.17, 15) is 14.4 Å². The van der Waals surface area contributed by atoms with Crippen LogP contribution in [0.2, 0.25) is 0 Å². The molecule has 1 aromatic carbocycles. The first-order valence-electron chi connectivity index (χ1n) is 9.89. The van der Waals surface area contributed by atoms with Crippen LogP contribution in [0, 0.1) is 11.8 Å². The fourth-order valence-corrected chi connectivity index (χ4v) is 4.56. The molecule has 3 atom stereocenters. The van der Waals surface area contributed by atoms with Crippen molar-refractivity contribution in [3.8, 4) is 0 Å². The molecule has 0 aliphatic heterocycles. The van der Waals surface area contributed by atoms with Crippen LogP contribution in [0.4, 0.5) is 0 Å². The quantitative estimate of drug-likeness (QED) is 0.441. The standard InChI is InChI=1S/C21H27N3O4S/c1-13-7-6-10-16(14(13)2)22-18(25)12-29-21-23-17-9-5-4-8-15(17)20(27)24(21)11-19(26)28-3/h4-5,8-9,13-14,16H,6-7,10-12H2,1-3H3,(H,22,25)/t13-,14+,16+/m0/s1. The van der Waals surface area contributed by atoms with Crippen LogP contribution in [0.3, 0.4) is 0 Å². The van der Waals surface area contributed by atoms with Gasteiger partial charge in [0.05, 0.1) is 23.8 Å². The maximum Gasteiger partial charge on any atom is 0.325 e. The normalized spacial score (nSPS) is 21.7. The molecule has 2 aromatic rings. The monoisotopic (exact) mass is 417 g/mol. The first-order valence-corrected chi connectivity index (χ1v) is 10.9. The number of thioether (sulfide) groups is 1. The van der Waals surface area contributed by atoms with Crippen LogP contribution in [-0.2, 0) is 20.9 Å². The Balaban J connectivity index is 1.77. The molecule has 3 rings (SSSR count). The molecule has 8 heteroatoms. The topological polar surface area (TPSA) is 90.3 Å². The van der Waals surface area contributed by atoms with Crippen molar-refractivity contribution < 1.29 is 14.3 Å². The fourth-order valence-electron chi connectivity index (χ4n) is 3.76. The van der Waals surface area contributed by atoms with Crippen LogP contribution in [0.25, 0.3) is 10.9 Å². The van der Waals surface area contributed by atoms with Gasteiger partial charge in [-0.05, 0) is 30.4 Å². The SMILES string of the molecule is COC(=O)Cn1c(SCC(=O)N[C@@H]2CCC[C@H](C)[C@H]2C)nc2ccccc2c1=O. The summed E-state index contributed by atoms with van der Waals surface area (Å²) in [4.78, 5) is 41.7. The van der Waals surface area contributed by atoms with E-state index in [4.69, 9.17) is 4.74 Å². The maximum absolute atomic E-state index is 12.8. The number of hydrogen-bond acceptors (Lipinski definition) is 6. The van der Waals surface area contributed by atoms with Gasteiger partial charge < -0.3 is 10.1 Å². The first kappa shape index (κ1) is 21.4. The largest absolute Gasteiger partial charge is 0.468 e. The van der Waals surface area contributed by atoms with Crippen LogP contribution in [0.5, 0.6) is 0 Å². The molecule has 0 unspecified atom stereocenters. The van der Waals surface area contributed by atoms with Crippen molar-refractivity contribution in [1.82, 2.24) is 14.9 Å². The van der Waals surface area contributed by atoms with Gasteiger partial charge >= 0.3 is 5.97 Å². The van der Waals surface area contributed by atoms with Crippen LogP contribution in [-0.4, -0.2) is 40.3 Å². The summed E-state index contributed by atoms with van der Waals surface area (Å²) in [5, 5.41) is 3.88. The number of methoxy groups -OCH3 is 1. The summed E-state index contributed by atoms with van der Waals surface area (Å²) in [5.74, 6) is 0.528. The Labute approximate surface area is 174 Å². The molecule has 1 aromatic heterocycles. The molecule has 1 N–H and O–H groups in total. The van der Waals surface area contributed by atoms with E-state index in [1.165, 1.54) is 18.1 Å². The van der Waals surface area contributed by atoms with Crippen molar-refractivity contribution in [3.63, 3.8) is 0 Å². The van der Waals surface area contributed by atoms with Gasteiger partial charge in [0.2, 0.25) is 5.91 Å². The third-order valence-corrected chi connectivity index (χ3v) is 6.70. The maximum atomic E-state index is 12.8.